The van der Waals surface area contributed by atoms with Gasteiger partial charge in [-0.2, -0.15) is 11.8 Å². The third-order valence-corrected chi connectivity index (χ3v) is 6.30. The van der Waals surface area contributed by atoms with Gasteiger partial charge in [0.2, 0.25) is 0 Å². The molecule has 0 bridgehead atoms. The number of amides is 1. The monoisotopic (exact) mass is 348 g/mol. The Morgan fingerprint density at radius 2 is 1.96 bits per heavy atom. The van der Waals surface area contributed by atoms with Gasteiger partial charge in [0, 0.05) is 49.4 Å². The van der Waals surface area contributed by atoms with E-state index in [0.717, 1.165) is 30.8 Å². The third-order valence-electron chi connectivity index (χ3n) is 5.36. The highest BCUT2D eigenvalue weighted by atomic mass is 32.2. The van der Waals surface area contributed by atoms with E-state index in [0.29, 0.717) is 6.61 Å². The minimum atomic E-state index is 0.0281. The van der Waals surface area contributed by atoms with Gasteiger partial charge in [0.1, 0.15) is 0 Å². The van der Waals surface area contributed by atoms with Gasteiger partial charge in [-0.3, -0.25) is 9.69 Å². The van der Waals surface area contributed by atoms with E-state index < -0.39 is 0 Å². The van der Waals surface area contributed by atoms with Gasteiger partial charge in [-0.15, -0.1) is 0 Å². The number of thioether (sulfide) groups is 1. The lowest BCUT2D eigenvalue weighted by molar-refractivity contribution is 0.0814. The summed E-state index contributed by atoms with van der Waals surface area (Å²) in [6.07, 6.45) is 4.97. The summed E-state index contributed by atoms with van der Waals surface area (Å²) in [7, 11) is 1.66. The Morgan fingerprint density at radius 1 is 1.25 bits per heavy atom. The number of hydrogen-bond donors (Lipinski definition) is 1. The van der Waals surface area contributed by atoms with E-state index in [2.05, 4.69) is 10.2 Å². The van der Waals surface area contributed by atoms with Crippen LogP contribution in [0.1, 0.15) is 41.6 Å². The van der Waals surface area contributed by atoms with Gasteiger partial charge >= 0.3 is 0 Å². The van der Waals surface area contributed by atoms with Gasteiger partial charge in [-0.25, -0.2) is 0 Å². The molecule has 1 aromatic carbocycles. The maximum absolute atomic E-state index is 12.7. The third kappa shape index (κ3) is 3.95. The van der Waals surface area contributed by atoms with Crippen LogP contribution in [-0.2, 0) is 11.3 Å². The van der Waals surface area contributed by atoms with Gasteiger partial charge in [0.05, 0.1) is 6.61 Å². The number of hydrogen-bond acceptors (Lipinski definition) is 4. The van der Waals surface area contributed by atoms with Crippen LogP contribution in [-0.4, -0.2) is 54.6 Å². The number of ether oxygens (including phenoxy) is 1. The highest BCUT2D eigenvalue weighted by molar-refractivity contribution is 7.99. The van der Waals surface area contributed by atoms with Crippen molar-refractivity contribution in [3.63, 3.8) is 0 Å². The molecule has 0 aromatic heterocycles. The highest BCUT2D eigenvalue weighted by Gasteiger charge is 2.40. The van der Waals surface area contributed by atoms with E-state index in [1.807, 2.05) is 36.0 Å². The summed E-state index contributed by atoms with van der Waals surface area (Å²) in [4.78, 5) is 15.4. The van der Waals surface area contributed by atoms with Crippen molar-refractivity contribution in [1.82, 2.24) is 10.2 Å². The van der Waals surface area contributed by atoms with E-state index in [9.17, 15) is 4.79 Å². The van der Waals surface area contributed by atoms with E-state index in [1.54, 1.807) is 7.11 Å². The summed E-state index contributed by atoms with van der Waals surface area (Å²) in [6.45, 7) is 3.54. The number of carbonyl (C=O) groups excluding carboxylic acids is 1. The molecule has 1 aliphatic heterocycles. The lowest BCUT2D eigenvalue weighted by Gasteiger charge is -2.43. The van der Waals surface area contributed by atoms with Crippen molar-refractivity contribution in [2.75, 3.05) is 38.2 Å². The van der Waals surface area contributed by atoms with Gasteiger partial charge < -0.3 is 10.1 Å². The molecule has 1 heterocycles. The molecule has 2 fully saturated rings. The molecule has 1 N–H and O–H groups in total. The molecule has 2 aliphatic rings. The van der Waals surface area contributed by atoms with Crippen LogP contribution in [0.2, 0.25) is 0 Å². The molecule has 1 amide bonds. The van der Waals surface area contributed by atoms with E-state index in [-0.39, 0.29) is 11.4 Å². The van der Waals surface area contributed by atoms with Crippen LogP contribution in [0.3, 0.4) is 0 Å². The van der Waals surface area contributed by atoms with Gasteiger partial charge in [0.15, 0.2) is 0 Å². The van der Waals surface area contributed by atoms with E-state index in [4.69, 9.17) is 4.74 Å². The number of carbonyl (C=O) groups is 1. The summed E-state index contributed by atoms with van der Waals surface area (Å²) < 4.78 is 5.22. The molecule has 0 radical (unpaired) electrons. The summed E-state index contributed by atoms with van der Waals surface area (Å²) in [5, 5.41) is 3.23. The van der Waals surface area contributed by atoms with Crippen molar-refractivity contribution in [3.8, 4) is 0 Å². The smallest absolute Gasteiger partial charge is 0.251 e. The van der Waals surface area contributed by atoms with Crippen LogP contribution in [0.5, 0.6) is 0 Å². The minimum absolute atomic E-state index is 0.0281. The lowest BCUT2D eigenvalue weighted by atomic mass is 9.94. The second-order valence-electron chi connectivity index (χ2n) is 6.80. The van der Waals surface area contributed by atoms with Crippen LogP contribution in [0.15, 0.2) is 24.3 Å². The molecule has 1 aromatic rings. The Bertz CT molecular complexity index is 552. The SMILES string of the molecule is COCc1ccccc1C(=O)NCC1(N2CCSCC2)CCCC1. The molecule has 3 rings (SSSR count). The fourth-order valence-corrected chi connectivity index (χ4v) is 4.94. The first-order valence-corrected chi connectivity index (χ1v) is 10.1. The Balaban J connectivity index is 1.67. The molecular formula is C19H28N2O2S. The van der Waals surface area contributed by atoms with Crippen molar-refractivity contribution < 1.29 is 9.53 Å². The number of nitrogens with one attached hydrogen (secondary N) is 1. The van der Waals surface area contributed by atoms with E-state index >= 15 is 0 Å². The number of methoxy groups -OCH3 is 1. The fraction of sp³-hybridized carbons (Fsp3) is 0.632. The maximum Gasteiger partial charge on any atom is 0.251 e. The predicted molar refractivity (Wildman–Crippen MR) is 99.6 cm³/mol. The normalized spacial score (nSPS) is 20.9. The molecule has 132 valence electrons. The van der Waals surface area contributed by atoms with Crippen molar-refractivity contribution >= 4 is 17.7 Å². The van der Waals surface area contributed by atoms with E-state index in [1.165, 1.54) is 37.2 Å². The molecule has 1 aliphatic carbocycles. The van der Waals surface area contributed by atoms with Crippen molar-refractivity contribution in [2.45, 2.75) is 37.8 Å². The largest absolute Gasteiger partial charge is 0.380 e. The van der Waals surface area contributed by atoms with Crippen LogP contribution >= 0.6 is 11.8 Å². The quantitative estimate of drug-likeness (QED) is 0.858. The zero-order valence-electron chi connectivity index (χ0n) is 14.6. The summed E-state index contributed by atoms with van der Waals surface area (Å²) in [5.41, 5.74) is 1.86. The Labute approximate surface area is 149 Å². The molecule has 0 spiro atoms. The average Bonchev–Trinajstić information content (AvgIpc) is 3.11. The average molecular weight is 349 g/mol. The first kappa shape index (κ1) is 17.8. The van der Waals surface area contributed by atoms with Gasteiger partial charge in [-0.05, 0) is 24.5 Å². The molecule has 0 unspecified atom stereocenters. The summed E-state index contributed by atoms with van der Waals surface area (Å²) >= 11 is 2.04. The van der Waals surface area contributed by atoms with Gasteiger partial charge in [0.25, 0.3) is 5.91 Å². The zero-order chi connectivity index (χ0) is 16.8. The molecule has 24 heavy (non-hydrogen) atoms. The molecule has 1 saturated heterocycles. The zero-order valence-corrected chi connectivity index (χ0v) is 15.4. The maximum atomic E-state index is 12.7. The first-order valence-electron chi connectivity index (χ1n) is 8.93. The highest BCUT2D eigenvalue weighted by Crippen LogP contribution is 2.36. The Morgan fingerprint density at radius 3 is 2.67 bits per heavy atom. The predicted octanol–water partition coefficient (Wildman–Crippen LogP) is 2.92. The fourth-order valence-electron chi connectivity index (χ4n) is 4.04. The second-order valence-corrected chi connectivity index (χ2v) is 8.03. The molecular weight excluding hydrogens is 320 g/mol. The topological polar surface area (TPSA) is 41.6 Å². The number of benzene rings is 1. The molecule has 4 nitrogen and oxygen atoms in total. The van der Waals surface area contributed by atoms with Gasteiger partial charge in [-0.1, -0.05) is 31.0 Å². The number of rotatable bonds is 6. The standard InChI is InChI=1S/C19H28N2O2S/c1-23-14-16-6-2-3-7-17(16)18(22)20-15-19(8-4-5-9-19)21-10-12-24-13-11-21/h2-3,6-7H,4-5,8-15H2,1H3,(H,20,22). The van der Waals surface area contributed by atoms with Crippen molar-refractivity contribution in [2.24, 2.45) is 0 Å². The molecule has 5 heteroatoms. The van der Waals surface area contributed by atoms with Crippen LogP contribution in [0, 0.1) is 0 Å². The molecule has 1 saturated carbocycles. The molecule has 0 atom stereocenters. The lowest BCUT2D eigenvalue weighted by Crippen LogP contribution is -2.56. The van der Waals surface area contributed by atoms with Crippen molar-refractivity contribution in [3.05, 3.63) is 35.4 Å². The minimum Gasteiger partial charge on any atom is -0.380 e. The van der Waals surface area contributed by atoms with Crippen molar-refractivity contribution in [1.29, 1.82) is 0 Å². The van der Waals surface area contributed by atoms with Crippen LogP contribution in [0.4, 0.5) is 0 Å². The Kier molecular flexibility index (Phi) is 6.19. The van der Waals surface area contributed by atoms with Crippen LogP contribution in [0.25, 0.3) is 0 Å². The van der Waals surface area contributed by atoms with Crippen LogP contribution < -0.4 is 5.32 Å². The summed E-state index contributed by atoms with van der Waals surface area (Å²) in [6, 6.07) is 7.73. The second kappa shape index (κ2) is 8.37. The summed E-state index contributed by atoms with van der Waals surface area (Å²) in [5.74, 6) is 2.46. The number of nitrogens with zero attached hydrogens (tertiary/aromatic N) is 1. The Hall–Kier alpha value is -1.04. The first-order chi connectivity index (χ1) is 11.7.